The van der Waals surface area contributed by atoms with Crippen molar-refractivity contribution in [3.63, 3.8) is 0 Å². The number of benzene rings is 1. The topological polar surface area (TPSA) is 44.5 Å². The largest absolute Gasteiger partial charge is 0.496 e. The van der Waals surface area contributed by atoms with E-state index in [-0.39, 0.29) is 18.4 Å². The van der Waals surface area contributed by atoms with Gasteiger partial charge in [0.1, 0.15) is 11.5 Å². The molecule has 1 atom stereocenters. The summed E-state index contributed by atoms with van der Waals surface area (Å²) in [6, 6.07) is 5.28. The highest BCUT2D eigenvalue weighted by Gasteiger charge is 2.14. The van der Waals surface area contributed by atoms with Crippen LogP contribution in [0.1, 0.15) is 11.6 Å². The summed E-state index contributed by atoms with van der Waals surface area (Å²) in [5.41, 5.74) is 6.70. The molecular weight excluding hydrogens is 214 g/mol. The molecule has 0 saturated heterocycles. The van der Waals surface area contributed by atoms with Crippen molar-refractivity contribution in [2.45, 2.75) is 6.04 Å². The van der Waals surface area contributed by atoms with Crippen LogP contribution >= 0.6 is 12.4 Å². The Bertz CT molecular complexity index is 306. The van der Waals surface area contributed by atoms with E-state index in [4.69, 9.17) is 15.2 Å². The van der Waals surface area contributed by atoms with Crippen molar-refractivity contribution >= 4 is 12.4 Å². The van der Waals surface area contributed by atoms with Crippen molar-refractivity contribution in [1.82, 2.24) is 0 Å². The van der Waals surface area contributed by atoms with Crippen molar-refractivity contribution in [1.29, 1.82) is 0 Å². The summed E-state index contributed by atoms with van der Waals surface area (Å²) in [6.45, 7) is 3.65. The zero-order valence-corrected chi connectivity index (χ0v) is 9.71. The van der Waals surface area contributed by atoms with E-state index in [9.17, 15) is 0 Å². The Hall–Kier alpha value is -1.19. The second-order valence-electron chi connectivity index (χ2n) is 2.84. The maximum atomic E-state index is 5.87. The minimum absolute atomic E-state index is 0. The third-order valence-corrected chi connectivity index (χ3v) is 2.05. The average molecular weight is 230 g/mol. The lowest BCUT2D eigenvalue weighted by Crippen LogP contribution is -2.10. The SMILES string of the molecule is C=C[C@H](N)c1c(OC)cccc1OC.Cl. The lowest BCUT2D eigenvalue weighted by molar-refractivity contribution is 0.383. The summed E-state index contributed by atoms with van der Waals surface area (Å²) in [7, 11) is 3.21. The van der Waals surface area contributed by atoms with Gasteiger partial charge in [-0.1, -0.05) is 12.1 Å². The maximum absolute atomic E-state index is 5.87. The predicted octanol–water partition coefficient (Wildman–Crippen LogP) is 2.31. The molecule has 0 radical (unpaired) electrons. The third-order valence-electron chi connectivity index (χ3n) is 2.05. The Morgan fingerprint density at radius 3 is 2.07 bits per heavy atom. The van der Waals surface area contributed by atoms with Crippen molar-refractivity contribution in [2.24, 2.45) is 5.73 Å². The second-order valence-corrected chi connectivity index (χ2v) is 2.84. The lowest BCUT2D eigenvalue weighted by atomic mass is 10.1. The van der Waals surface area contributed by atoms with E-state index in [0.717, 1.165) is 17.1 Å². The van der Waals surface area contributed by atoms with Crippen LogP contribution in [0.4, 0.5) is 0 Å². The van der Waals surface area contributed by atoms with Crippen LogP contribution in [0.25, 0.3) is 0 Å². The number of nitrogens with two attached hydrogens (primary N) is 1. The Morgan fingerprint density at radius 1 is 1.27 bits per heavy atom. The van der Waals surface area contributed by atoms with Gasteiger partial charge >= 0.3 is 0 Å². The summed E-state index contributed by atoms with van der Waals surface area (Å²) in [6.07, 6.45) is 1.65. The van der Waals surface area contributed by atoms with E-state index in [0.29, 0.717) is 0 Å². The summed E-state index contributed by atoms with van der Waals surface area (Å²) >= 11 is 0. The van der Waals surface area contributed by atoms with Gasteiger partial charge in [-0.15, -0.1) is 19.0 Å². The number of rotatable bonds is 4. The molecule has 0 aliphatic rings. The summed E-state index contributed by atoms with van der Waals surface area (Å²) < 4.78 is 10.4. The van der Waals surface area contributed by atoms with Crippen LogP contribution in [0.3, 0.4) is 0 Å². The predicted molar refractivity (Wildman–Crippen MR) is 63.9 cm³/mol. The van der Waals surface area contributed by atoms with Crippen LogP contribution in [-0.2, 0) is 0 Å². The molecule has 0 heterocycles. The molecule has 0 aliphatic carbocycles. The molecule has 2 N–H and O–H groups in total. The molecule has 1 rings (SSSR count). The first kappa shape index (κ1) is 13.8. The van der Waals surface area contributed by atoms with Crippen molar-refractivity contribution in [2.75, 3.05) is 14.2 Å². The smallest absolute Gasteiger partial charge is 0.127 e. The molecule has 84 valence electrons. The zero-order valence-electron chi connectivity index (χ0n) is 8.90. The summed E-state index contributed by atoms with van der Waals surface area (Å²) in [5.74, 6) is 1.44. The normalized spacial score (nSPS) is 11.1. The van der Waals surface area contributed by atoms with Crippen LogP contribution < -0.4 is 15.2 Å². The van der Waals surface area contributed by atoms with Crippen molar-refractivity contribution in [3.05, 3.63) is 36.4 Å². The van der Waals surface area contributed by atoms with E-state index < -0.39 is 0 Å². The van der Waals surface area contributed by atoms with Gasteiger partial charge in [0.15, 0.2) is 0 Å². The number of hydrogen-bond acceptors (Lipinski definition) is 3. The molecule has 0 amide bonds. The quantitative estimate of drug-likeness (QED) is 0.806. The van der Waals surface area contributed by atoms with Crippen LogP contribution in [0.5, 0.6) is 11.5 Å². The monoisotopic (exact) mass is 229 g/mol. The molecule has 1 aromatic rings. The first-order chi connectivity index (χ1) is 6.74. The highest BCUT2D eigenvalue weighted by atomic mass is 35.5. The Labute approximate surface area is 96.3 Å². The molecule has 4 heteroatoms. The fourth-order valence-corrected chi connectivity index (χ4v) is 1.33. The zero-order chi connectivity index (χ0) is 10.6. The average Bonchev–Trinajstić information content (AvgIpc) is 2.26. The van der Waals surface area contributed by atoms with Crippen LogP contribution in [0.2, 0.25) is 0 Å². The van der Waals surface area contributed by atoms with Gasteiger partial charge in [0, 0.05) is 0 Å². The van der Waals surface area contributed by atoms with Crippen molar-refractivity contribution in [3.8, 4) is 11.5 Å². The second kappa shape index (κ2) is 6.32. The van der Waals surface area contributed by atoms with Gasteiger partial charge in [0.25, 0.3) is 0 Å². The van der Waals surface area contributed by atoms with Gasteiger partial charge < -0.3 is 15.2 Å². The number of halogens is 1. The number of ether oxygens (including phenoxy) is 2. The number of hydrogen-bond donors (Lipinski definition) is 1. The van der Waals surface area contributed by atoms with E-state index in [1.54, 1.807) is 20.3 Å². The molecule has 0 aliphatic heterocycles. The van der Waals surface area contributed by atoms with Gasteiger partial charge in [-0.25, -0.2) is 0 Å². The third kappa shape index (κ3) is 2.88. The maximum Gasteiger partial charge on any atom is 0.127 e. The Kier molecular flexibility index (Phi) is 5.82. The van der Waals surface area contributed by atoms with E-state index in [1.807, 2.05) is 18.2 Å². The summed E-state index contributed by atoms with van der Waals surface area (Å²) in [5, 5.41) is 0. The van der Waals surface area contributed by atoms with E-state index >= 15 is 0 Å². The molecule has 1 aromatic carbocycles. The molecule has 0 unspecified atom stereocenters. The van der Waals surface area contributed by atoms with Gasteiger partial charge in [0.05, 0.1) is 25.8 Å². The van der Waals surface area contributed by atoms with E-state index in [1.165, 1.54) is 0 Å². The highest BCUT2D eigenvalue weighted by molar-refractivity contribution is 5.85. The van der Waals surface area contributed by atoms with Gasteiger partial charge in [-0.2, -0.15) is 0 Å². The molecule has 0 saturated carbocycles. The first-order valence-electron chi connectivity index (χ1n) is 4.33. The summed E-state index contributed by atoms with van der Waals surface area (Å²) in [4.78, 5) is 0. The van der Waals surface area contributed by atoms with Crippen LogP contribution in [0.15, 0.2) is 30.9 Å². The van der Waals surface area contributed by atoms with Crippen LogP contribution in [-0.4, -0.2) is 14.2 Å². The van der Waals surface area contributed by atoms with Gasteiger partial charge in [0.2, 0.25) is 0 Å². The standard InChI is InChI=1S/C11H15NO2.ClH/c1-4-8(12)11-9(13-2)6-5-7-10(11)14-3;/h4-8H,1,12H2,2-3H3;1H/t8-;/m0./s1. The fourth-order valence-electron chi connectivity index (χ4n) is 1.33. The molecule has 0 aromatic heterocycles. The van der Waals surface area contributed by atoms with E-state index in [2.05, 4.69) is 6.58 Å². The molecule has 0 fully saturated rings. The first-order valence-corrected chi connectivity index (χ1v) is 4.33. The molecule has 15 heavy (non-hydrogen) atoms. The van der Waals surface area contributed by atoms with Crippen LogP contribution in [0, 0.1) is 0 Å². The van der Waals surface area contributed by atoms with Crippen molar-refractivity contribution < 1.29 is 9.47 Å². The molecule has 0 bridgehead atoms. The van der Waals surface area contributed by atoms with Gasteiger partial charge in [-0.3, -0.25) is 0 Å². The van der Waals surface area contributed by atoms with Gasteiger partial charge in [-0.05, 0) is 12.1 Å². The highest BCUT2D eigenvalue weighted by Crippen LogP contribution is 2.32. The Morgan fingerprint density at radius 2 is 1.73 bits per heavy atom. The minimum atomic E-state index is -0.277. The number of methoxy groups -OCH3 is 2. The molecule has 0 spiro atoms. The minimum Gasteiger partial charge on any atom is -0.496 e. The lowest BCUT2D eigenvalue weighted by Gasteiger charge is -2.15. The molecular formula is C11H16ClNO2. The fraction of sp³-hybridized carbons (Fsp3) is 0.273. The molecule has 3 nitrogen and oxygen atoms in total. The Balaban J connectivity index is 0.00000196.